The van der Waals surface area contributed by atoms with Crippen LogP contribution in [0, 0.1) is 11.8 Å². The maximum atomic E-state index is 14.0. The predicted molar refractivity (Wildman–Crippen MR) is 135 cm³/mol. The number of amides is 2. The summed E-state index contributed by atoms with van der Waals surface area (Å²) in [5.74, 6) is -0.897. The number of anilines is 1. The van der Waals surface area contributed by atoms with Crippen LogP contribution in [0.5, 0.6) is 5.75 Å². The second-order valence-electron chi connectivity index (χ2n) is 10.3. The number of likely N-dealkylation sites (tertiary alicyclic amines) is 1. The fraction of sp³-hybridized carbons (Fsp3) is 0.500. The molecule has 2 amide bonds. The van der Waals surface area contributed by atoms with Gasteiger partial charge in [-0.3, -0.25) is 9.59 Å². The summed E-state index contributed by atoms with van der Waals surface area (Å²) in [6, 6.07) is 12.6. The van der Waals surface area contributed by atoms with E-state index in [1.807, 2.05) is 23.1 Å². The summed E-state index contributed by atoms with van der Waals surface area (Å²) in [5.41, 5.74) is 2.34. The highest BCUT2D eigenvalue weighted by atomic mass is 19.4. The molecule has 2 fully saturated rings. The van der Waals surface area contributed by atoms with Crippen LogP contribution in [0.25, 0.3) is 0 Å². The van der Waals surface area contributed by atoms with E-state index >= 15 is 0 Å². The fourth-order valence-electron chi connectivity index (χ4n) is 6.29. The maximum absolute atomic E-state index is 14.0. The van der Waals surface area contributed by atoms with Gasteiger partial charge in [0.25, 0.3) is 5.91 Å². The van der Waals surface area contributed by atoms with Gasteiger partial charge in [0, 0.05) is 36.9 Å². The Balaban J connectivity index is 1.32. The van der Waals surface area contributed by atoms with Crippen molar-refractivity contribution >= 4 is 17.5 Å². The van der Waals surface area contributed by atoms with Crippen molar-refractivity contribution in [1.82, 2.24) is 10.2 Å². The molecule has 7 nitrogen and oxygen atoms in total. The number of benzene rings is 2. The van der Waals surface area contributed by atoms with Crippen molar-refractivity contribution < 1.29 is 32.2 Å². The first kappa shape index (κ1) is 26.3. The molecule has 38 heavy (non-hydrogen) atoms. The van der Waals surface area contributed by atoms with E-state index in [0.29, 0.717) is 26.0 Å². The van der Waals surface area contributed by atoms with Crippen molar-refractivity contribution in [3.05, 3.63) is 59.7 Å². The number of ether oxygens (including phenoxy) is 2. The predicted octanol–water partition coefficient (Wildman–Crippen LogP) is 4.90. The lowest BCUT2D eigenvalue weighted by molar-refractivity contribution is -0.274. The molecule has 0 spiro atoms. The van der Waals surface area contributed by atoms with Gasteiger partial charge in [0.15, 0.2) is 0 Å². The highest BCUT2D eigenvalue weighted by Gasteiger charge is 2.48. The molecule has 2 heterocycles. The molecule has 0 unspecified atom stereocenters. The van der Waals surface area contributed by atoms with E-state index in [4.69, 9.17) is 4.74 Å². The molecule has 0 aromatic heterocycles. The van der Waals surface area contributed by atoms with Gasteiger partial charge in [-0.2, -0.15) is 0 Å². The number of halogens is 3. The van der Waals surface area contributed by atoms with Crippen LogP contribution in [0.15, 0.2) is 48.5 Å². The van der Waals surface area contributed by atoms with Gasteiger partial charge in [0.05, 0.1) is 24.6 Å². The average Bonchev–Trinajstić information content (AvgIpc) is 3.34. The lowest BCUT2D eigenvalue weighted by atomic mass is 9.81. The van der Waals surface area contributed by atoms with Crippen molar-refractivity contribution in [2.75, 3.05) is 25.6 Å². The van der Waals surface area contributed by atoms with Crippen LogP contribution in [-0.2, 0) is 9.53 Å². The average molecular weight is 532 g/mol. The Morgan fingerprint density at radius 1 is 1.05 bits per heavy atom. The first-order chi connectivity index (χ1) is 18.2. The molecule has 2 N–H and O–H groups in total. The second kappa shape index (κ2) is 10.8. The van der Waals surface area contributed by atoms with E-state index in [1.165, 1.54) is 12.1 Å². The number of fused-ring (bicyclic) bond motifs is 3. The number of nitrogens with zero attached hydrogens (tertiary/aromatic N) is 1. The zero-order valence-corrected chi connectivity index (χ0v) is 21.2. The molecule has 10 heteroatoms. The van der Waals surface area contributed by atoms with Gasteiger partial charge in [-0.25, -0.2) is 0 Å². The summed E-state index contributed by atoms with van der Waals surface area (Å²) in [6.07, 6.45) is -0.796. The number of methoxy groups -OCH3 is 1. The van der Waals surface area contributed by atoms with E-state index in [0.717, 1.165) is 42.6 Å². The van der Waals surface area contributed by atoms with Crippen molar-refractivity contribution in [3.8, 4) is 5.75 Å². The summed E-state index contributed by atoms with van der Waals surface area (Å²) in [4.78, 5) is 29.0. The molecule has 204 valence electrons. The Morgan fingerprint density at radius 3 is 2.53 bits per heavy atom. The first-order valence-corrected chi connectivity index (χ1v) is 13.1. The lowest BCUT2D eigenvalue weighted by Crippen LogP contribution is -2.50. The van der Waals surface area contributed by atoms with Crippen molar-refractivity contribution in [2.24, 2.45) is 11.8 Å². The minimum Gasteiger partial charge on any atom is -0.406 e. The minimum atomic E-state index is -4.80. The van der Waals surface area contributed by atoms with E-state index in [-0.39, 0.29) is 41.4 Å². The van der Waals surface area contributed by atoms with Crippen LogP contribution in [0.4, 0.5) is 18.9 Å². The third-order valence-electron chi connectivity index (χ3n) is 7.96. The van der Waals surface area contributed by atoms with E-state index in [1.54, 1.807) is 7.11 Å². The third-order valence-corrected chi connectivity index (χ3v) is 7.96. The molecule has 2 aliphatic heterocycles. The molecule has 0 bridgehead atoms. The van der Waals surface area contributed by atoms with Crippen LogP contribution >= 0.6 is 0 Å². The molecule has 3 aliphatic rings. The number of carbonyl (C=O) groups excluding carboxylic acids is 2. The summed E-state index contributed by atoms with van der Waals surface area (Å²) in [7, 11) is 1.68. The SMILES string of the molecule is COC[C@@H]1Nc2ccccc2[C@H]2[C@H]1CCN2C(=O)[C@H]1CCCC[C@H]1NC(=O)c1ccc(OC(F)(F)F)cc1. The number of hydrogen-bond acceptors (Lipinski definition) is 5. The van der Waals surface area contributed by atoms with Crippen molar-refractivity contribution in [1.29, 1.82) is 0 Å². The Hall–Kier alpha value is -3.27. The van der Waals surface area contributed by atoms with Gasteiger partial charge in [-0.1, -0.05) is 31.0 Å². The summed E-state index contributed by atoms with van der Waals surface area (Å²) in [6.45, 7) is 1.19. The van der Waals surface area contributed by atoms with Gasteiger partial charge in [-0.05, 0) is 55.2 Å². The van der Waals surface area contributed by atoms with Gasteiger partial charge in [0.1, 0.15) is 5.75 Å². The quantitative estimate of drug-likeness (QED) is 0.554. The van der Waals surface area contributed by atoms with Gasteiger partial charge >= 0.3 is 6.36 Å². The third kappa shape index (κ3) is 5.45. The molecule has 1 saturated heterocycles. The van der Waals surface area contributed by atoms with Gasteiger partial charge < -0.3 is 25.0 Å². The molecule has 0 radical (unpaired) electrons. The molecule has 5 rings (SSSR count). The Labute approximate surface area is 219 Å². The smallest absolute Gasteiger partial charge is 0.406 e. The standard InChI is InChI=1S/C28H32F3N3O4/c1-37-16-24-20-14-15-34(25(20)19-6-2-4-8-22(19)32-24)27(36)21-7-3-5-9-23(21)33-26(35)17-10-12-18(13-11-17)38-28(29,30)31/h2,4,6,8,10-13,20-21,23-25,32H,3,5,7,9,14-16H2,1H3,(H,33,35)/t20-,21-,23+,24-,25-/m0/s1. The molecule has 1 aliphatic carbocycles. The van der Waals surface area contributed by atoms with Crippen LogP contribution in [-0.4, -0.2) is 55.4 Å². The van der Waals surface area contributed by atoms with Crippen LogP contribution in [0.3, 0.4) is 0 Å². The number of hydrogen-bond donors (Lipinski definition) is 2. The number of nitrogens with one attached hydrogen (secondary N) is 2. The highest BCUT2D eigenvalue weighted by Crippen LogP contribution is 2.47. The molecular weight excluding hydrogens is 499 g/mol. The summed E-state index contributed by atoms with van der Waals surface area (Å²) < 4.78 is 46.7. The molecule has 2 aromatic rings. The molecular formula is C28H32F3N3O4. The Bertz CT molecular complexity index is 1160. The normalized spacial score (nSPS) is 26.6. The molecule has 2 aromatic carbocycles. The zero-order valence-electron chi connectivity index (χ0n) is 21.2. The van der Waals surface area contributed by atoms with E-state index < -0.39 is 18.0 Å². The monoisotopic (exact) mass is 531 g/mol. The Morgan fingerprint density at radius 2 is 1.79 bits per heavy atom. The van der Waals surface area contributed by atoms with Crippen LogP contribution in [0.2, 0.25) is 0 Å². The number of rotatable bonds is 6. The summed E-state index contributed by atoms with van der Waals surface area (Å²) in [5, 5.41) is 6.58. The van der Waals surface area contributed by atoms with Gasteiger partial charge in [-0.15, -0.1) is 13.2 Å². The maximum Gasteiger partial charge on any atom is 0.573 e. The topological polar surface area (TPSA) is 79.9 Å². The van der Waals surface area contributed by atoms with Crippen molar-refractivity contribution in [3.63, 3.8) is 0 Å². The summed E-state index contributed by atoms with van der Waals surface area (Å²) >= 11 is 0. The van der Waals surface area contributed by atoms with E-state index in [2.05, 4.69) is 21.4 Å². The van der Waals surface area contributed by atoms with Crippen molar-refractivity contribution in [2.45, 2.75) is 56.6 Å². The second-order valence-corrected chi connectivity index (χ2v) is 10.3. The largest absolute Gasteiger partial charge is 0.573 e. The van der Waals surface area contributed by atoms with Crippen LogP contribution < -0.4 is 15.4 Å². The van der Waals surface area contributed by atoms with Gasteiger partial charge in [0.2, 0.25) is 5.91 Å². The lowest BCUT2D eigenvalue weighted by Gasteiger charge is -2.41. The molecule has 5 atom stereocenters. The Kier molecular flexibility index (Phi) is 7.52. The number of carbonyl (C=O) groups is 2. The van der Waals surface area contributed by atoms with E-state index in [9.17, 15) is 22.8 Å². The molecule has 1 saturated carbocycles. The fourth-order valence-corrected chi connectivity index (χ4v) is 6.29. The number of para-hydroxylation sites is 1. The number of alkyl halides is 3. The minimum absolute atomic E-state index is 0.0456. The van der Waals surface area contributed by atoms with Crippen LogP contribution in [0.1, 0.15) is 54.1 Å². The zero-order chi connectivity index (χ0) is 26.9. The highest BCUT2D eigenvalue weighted by molar-refractivity contribution is 5.95. The first-order valence-electron chi connectivity index (χ1n) is 13.1.